The summed E-state index contributed by atoms with van der Waals surface area (Å²) in [6, 6.07) is 39.7. The first-order valence-electron chi connectivity index (χ1n) is 30.7. The van der Waals surface area contributed by atoms with Crippen LogP contribution in [0.4, 0.5) is 24.0 Å². The van der Waals surface area contributed by atoms with Gasteiger partial charge >= 0.3 is 30.5 Å². The molecule has 0 aliphatic rings. The van der Waals surface area contributed by atoms with Gasteiger partial charge in [-0.25, -0.2) is 24.0 Å². The predicted octanol–water partition coefficient (Wildman–Crippen LogP) is 13.8. The molecule has 20 heteroatoms. The van der Waals surface area contributed by atoms with E-state index >= 15 is 0 Å². The molecule has 0 fully saturated rings. The van der Waals surface area contributed by atoms with Crippen LogP contribution < -0.4 is 23.7 Å². The fourth-order valence-electron chi connectivity index (χ4n) is 7.22. The van der Waals surface area contributed by atoms with Crippen LogP contribution in [0.2, 0.25) is 0 Å². The number of hydrogen-bond donors (Lipinski definition) is 0. The fourth-order valence-corrected chi connectivity index (χ4v) is 7.22. The van der Waals surface area contributed by atoms with Gasteiger partial charge in [0.1, 0.15) is 28.7 Å². The molecule has 0 unspecified atom stereocenters. The topological polar surface area (TPSA) is 164 Å². The van der Waals surface area contributed by atoms with Gasteiger partial charge in [-0.2, -0.15) is 0 Å². The Labute approximate surface area is 540 Å². The number of nitrogens with zero attached hydrogens (tertiary/aromatic N) is 10. The average molecular weight is 1250 g/mol. The van der Waals surface area contributed by atoms with Crippen molar-refractivity contribution >= 4 is 30.5 Å². The lowest BCUT2D eigenvalue weighted by Crippen LogP contribution is -2.29. The van der Waals surface area contributed by atoms with Crippen LogP contribution in [0.1, 0.15) is 127 Å². The van der Waals surface area contributed by atoms with Gasteiger partial charge in [-0.3, -0.25) is 0 Å². The zero-order valence-electron chi connectivity index (χ0n) is 59.0. The van der Waals surface area contributed by atoms with E-state index in [4.69, 9.17) is 23.7 Å². The molecule has 0 bridgehead atoms. The van der Waals surface area contributed by atoms with Crippen LogP contribution in [0.25, 0.3) is 0 Å². The quantitative estimate of drug-likeness (QED) is 0.0722. The number of rotatable bonds is 20. The average Bonchev–Trinajstić information content (AvgIpc) is 2.15. The molecule has 0 saturated carbocycles. The Morgan fingerprint density at radius 1 is 0.267 bits per heavy atom. The highest BCUT2D eigenvalue weighted by Gasteiger charge is 2.18. The van der Waals surface area contributed by atoms with Crippen LogP contribution in [0, 0.1) is 0 Å². The van der Waals surface area contributed by atoms with Crippen LogP contribution >= 0.6 is 0 Å². The van der Waals surface area contributed by atoms with E-state index in [1.165, 1.54) is 24.5 Å². The van der Waals surface area contributed by atoms with Crippen molar-refractivity contribution in [3.8, 4) is 28.7 Å². The summed E-state index contributed by atoms with van der Waals surface area (Å²) in [6.45, 7) is 23.3. The van der Waals surface area contributed by atoms with E-state index in [1.54, 1.807) is 65.6 Å². The molecule has 0 heterocycles. The zero-order valence-corrected chi connectivity index (χ0v) is 59.0. The normalized spacial score (nSPS) is 12.3. The van der Waals surface area contributed by atoms with E-state index in [0.29, 0.717) is 61.5 Å². The summed E-state index contributed by atoms with van der Waals surface area (Å²) >= 11 is 0. The second kappa shape index (κ2) is 41.5. The second-order valence-corrected chi connectivity index (χ2v) is 23.0. The Kier molecular flexibility index (Phi) is 37.0. The first-order chi connectivity index (χ1) is 42.3. The van der Waals surface area contributed by atoms with Gasteiger partial charge < -0.3 is 72.7 Å². The highest BCUT2D eigenvalue weighted by atomic mass is 16.6. The molecule has 0 aliphatic carbocycles. The minimum absolute atomic E-state index is 0.285. The first kappa shape index (κ1) is 80.3. The number of hydrogen-bond acceptors (Lipinski definition) is 15. The van der Waals surface area contributed by atoms with Gasteiger partial charge in [0.15, 0.2) is 0 Å². The summed E-state index contributed by atoms with van der Waals surface area (Å²) in [5, 5.41) is 0. The van der Waals surface area contributed by atoms with Crippen molar-refractivity contribution < 1.29 is 47.7 Å². The molecular weight excluding hydrogens is 1140 g/mol. The Morgan fingerprint density at radius 2 is 0.400 bits per heavy atom. The Morgan fingerprint density at radius 3 is 0.511 bits per heavy atom. The van der Waals surface area contributed by atoms with Gasteiger partial charge in [0.25, 0.3) is 0 Å². The summed E-state index contributed by atoms with van der Waals surface area (Å²) in [5.41, 5.74) is 5.65. The molecule has 500 valence electrons. The molecule has 5 atom stereocenters. The van der Waals surface area contributed by atoms with Crippen LogP contribution in [-0.2, 0) is 0 Å². The molecule has 0 radical (unpaired) electrons. The SMILES string of the molecule is CCN(C)C(=O)Oc1cccc([C@H](C)N(C)C)c1.CCN(C)C(=O)Oc1cccc([C@H](C)N(C)C)c1.CCN(C)C(=O)Oc1cccc([C@H](C)N(C)C)c1.CCN(C)C(=O)Oc1cccc([C@H](C)N(C)C)c1.CCN(C)C(=O)Oc1cccc([C@H](C)N(C)C)c1. The standard InChI is InChI=1S/5C14H22N2O2/c5*1-6-16(5)14(17)18-13-9-7-8-12(10-13)11(2)15(3)4/h5*7-11H,6H2,1-5H3/t5*11-/m00000/s1. The first-order valence-corrected chi connectivity index (χ1v) is 30.7. The van der Waals surface area contributed by atoms with Crippen molar-refractivity contribution in [1.82, 2.24) is 49.0 Å². The Balaban J connectivity index is 0.000000562. The van der Waals surface area contributed by atoms with Crippen molar-refractivity contribution in [3.63, 3.8) is 0 Å². The molecule has 0 saturated heterocycles. The Hall–Kier alpha value is -7.75. The highest BCUT2D eigenvalue weighted by Crippen LogP contribution is 2.27. The van der Waals surface area contributed by atoms with Gasteiger partial charge in [0.05, 0.1) is 0 Å². The van der Waals surface area contributed by atoms with Crippen LogP contribution in [-0.4, -0.2) is 218 Å². The molecule has 20 nitrogen and oxygen atoms in total. The minimum atomic E-state index is -0.327. The van der Waals surface area contributed by atoms with E-state index in [-0.39, 0.29) is 60.7 Å². The molecule has 5 rings (SSSR count). The van der Waals surface area contributed by atoms with Crippen molar-refractivity contribution in [2.75, 3.05) is 138 Å². The lowest BCUT2D eigenvalue weighted by molar-refractivity contribution is 0.164. The largest absolute Gasteiger partial charge is 0.414 e. The molecule has 0 aromatic heterocycles. The summed E-state index contributed by atoms with van der Waals surface area (Å²) in [7, 11) is 28.8. The molecular formula is C70H110N10O10. The lowest BCUT2D eigenvalue weighted by Gasteiger charge is -2.21. The maximum atomic E-state index is 11.7. The van der Waals surface area contributed by atoms with E-state index < -0.39 is 0 Å². The predicted molar refractivity (Wildman–Crippen MR) is 364 cm³/mol. The summed E-state index contributed by atoms with van der Waals surface area (Å²) in [4.78, 5) is 76.5. The summed E-state index contributed by atoms with van der Waals surface area (Å²) < 4.78 is 26.5. The van der Waals surface area contributed by atoms with E-state index in [2.05, 4.69) is 59.1 Å². The van der Waals surface area contributed by atoms with E-state index in [1.807, 2.05) is 196 Å². The van der Waals surface area contributed by atoms with Gasteiger partial charge in [0.2, 0.25) is 0 Å². The van der Waals surface area contributed by atoms with Crippen molar-refractivity contribution in [2.24, 2.45) is 0 Å². The van der Waals surface area contributed by atoms with Gasteiger partial charge in [-0.05, 0) is 228 Å². The third-order valence-electron chi connectivity index (χ3n) is 15.5. The van der Waals surface area contributed by atoms with Crippen molar-refractivity contribution in [1.29, 1.82) is 0 Å². The lowest BCUT2D eigenvalue weighted by atomic mass is 10.1. The molecule has 5 aromatic carbocycles. The Bertz CT molecular complexity index is 2470. The number of amides is 5. The van der Waals surface area contributed by atoms with Crippen LogP contribution in [0.15, 0.2) is 121 Å². The second-order valence-electron chi connectivity index (χ2n) is 23.0. The minimum Gasteiger partial charge on any atom is -0.410 e. The van der Waals surface area contributed by atoms with E-state index in [0.717, 1.165) is 27.8 Å². The molecule has 0 aliphatic heterocycles. The maximum absolute atomic E-state index is 11.7. The van der Waals surface area contributed by atoms with Crippen LogP contribution in [0.3, 0.4) is 0 Å². The highest BCUT2D eigenvalue weighted by molar-refractivity contribution is 5.72. The number of ether oxygens (including phenoxy) is 5. The van der Waals surface area contributed by atoms with Gasteiger partial charge in [0, 0.05) is 98.2 Å². The van der Waals surface area contributed by atoms with Crippen molar-refractivity contribution in [3.05, 3.63) is 149 Å². The van der Waals surface area contributed by atoms with Crippen molar-refractivity contribution in [2.45, 2.75) is 99.4 Å². The molecule has 5 aromatic rings. The fraction of sp³-hybridized carbons (Fsp3) is 0.500. The van der Waals surface area contributed by atoms with E-state index in [9.17, 15) is 24.0 Å². The molecule has 90 heavy (non-hydrogen) atoms. The number of carbonyl (C=O) groups excluding carboxylic acids is 5. The molecule has 0 N–H and O–H groups in total. The monoisotopic (exact) mass is 1250 g/mol. The third kappa shape index (κ3) is 28.8. The zero-order chi connectivity index (χ0) is 68.5. The number of carbonyl (C=O) groups is 5. The van der Waals surface area contributed by atoms with Gasteiger partial charge in [-0.1, -0.05) is 60.7 Å². The molecule has 0 spiro atoms. The smallest absolute Gasteiger partial charge is 0.410 e. The maximum Gasteiger partial charge on any atom is 0.414 e. The third-order valence-corrected chi connectivity index (χ3v) is 15.5. The number of benzene rings is 5. The summed E-state index contributed by atoms with van der Waals surface area (Å²) in [6.07, 6.45) is -1.63. The molecule has 5 amide bonds. The van der Waals surface area contributed by atoms with Crippen LogP contribution in [0.5, 0.6) is 28.7 Å². The summed E-state index contributed by atoms with van der Waals surface area (Å²) in [5.74, 6) is 2.95. The van der Waals surface area contributed by atoms with Gasteiger partial charge in [-0.15, -0.1) is 0 Å².